The maximum absolute atomic E-state index is 11.5. The van der Waals surface area contributed by atoms with Crippen molar-refractivity contribution in [3.8, 4) is 50.9 Å². The van der Waals surface area contributed by atoms with Crippen LogP contribution in [0, 0.1) is 0 Å². The highest BCUT2D eigenvalue weighted by Crippen LogP contribution is 2.39. The Bertz CT molecular complexity index is 4500. The van der Waals surface area contributed by atoms with Gasteiger partial charge in [-0.1, -0.05) is 121 Å². The average Bonchev–Trinajstić information content (AvgIpc) is 2.50. The van der Waals surface area contributed by atoms with Gasteiger partial charge in [-0.05, 0) is 71.0 Å². The molecular formula is C48H31BN2O2. The molecular weight excluding hydrogens is 647 g/mol. The van der Waals surface area contributed by atoms with E-state index in [1.165, 1.54) is 0 Å². The summed E-state index contributed by atoms with van der Waals surface area (Å²) in [6, 6.07) is -26.8. The first-order chi connectivity index (χ1) is 38.2. The lowest BCUT2D eigenvalue weighted by Gasteiger charge is -2.19. The first-order valence-electron chi connectivity index (χ1n) is 29.8. The van der Waals surface area contributed by atoms with E-state index in [0.717, 1.165) is 4.57 Å². The van der Waals surface area contributed by atoms with E-state index in [9.17, 15) is 14.7 Å². The van der Waals surface area contributed by atoms with Crippen LogP contribution in [0.1, 0.15) is 39.8 Å². The molecule has 0 fully saturated rings. The first kappa shape index (κ1) is 13.2. The summed E-state index contributed by atoms with van der Waals surface area (Å²) in [6.07, 6.45) is 0. The number of nitrogens with zero attached hydrogens (tertiary/aromatic N) is 2. The molecule has 0 saturated carbocycles. The minimum atomic E-state index is -1.24. The van der Waals surface area contributed by atoms with Gasteiger partial charge in [-0.25, -0.2) is 0 Å². The normalized spacial score (nSPS) is 19.2. The van der Waals surface area contributed by atoms with Crippen molar-refractivity contribution in [1.29, 1.82) is 0 Å². The lowest BCUT2D eigenvalue weighted by Crippen LogP contribution is -2.12. The molecule has 10 aromatic rings. The molecule has 8 aromatic carbocycles. The number of aromatic nitrogens is 2. The van der Waals surface area contributed by atoms with Gasteiger partial charge in [-0.15, -0.1) is 0 Å². The monoisotopic (exact) mass is 707 g/mol. The van der Waals surface area contributed by atoms with Crippen LogP contribution in [0.15, 0.2) is 181 Å². The van der Waals surface area contributed by atoms with Gasteiger partial charge in [0.05, 0.1) is 73.2 Å². The molecule has 248 valence electrons. The zero-order chi connectivity index (χ0) is 60.7. The summed E-state index contributed by atoms with van der Waals surface area (Å²) in [5.41, 5.74) is -8.73. The number of phenolic OH excluding ortho intramolecular Hbond substituents is 1. The first-order valence-corrected chi connectivity index (χ1v) is 15.3. The van der Waals surface area contributed by atoms with Gasteiger partial charge < -0.3 is 19.0 Å². The average molecular weight is 708 g/mol. The van der Waals surface area contributed by atoms with Crippen LogP contribution in [-0.2, 0) is 0 Å². The number of para-hydroxylation sites is 6. The molecule has 10 rings (SSSR count). The van der Waals surface area contributed by atoms with Crippen molar-refractivity contribution < 1.29 is 49.6 Å². The highest BCUT2D eigenvalue weighted by atomic mass is 16.5. The quantitative estimate of drug-likeness (QED) is 0.175. The smallest absolute Gasteiger partial charge is 0.127 e. The molecule has 0 aliphatic carbocycles. The second kappa shape index (κ2) is 12.4. The molecule has 4 nitrogen and oxygen atoms in total. The van der Waals surface area contributed by atoms with Crippen LogP contribution in [0.2, 0.25) is 0 Å². The fourth-order valence-corrected chi connectivity index (χ4v) is 5.96. The molecule has 2 radical (unpaired) electrons. The van der Waals surface area contributed by atoms with Gasteiger partial charge in [0, 0.05) is 38.7 Å². The van der Waals surface area contributed by atoms with E-state index in [1.807, 2.05) is 0 Å². The Hall–Kier alpha value is -6.98. The van der Waals surface area contributed by atoms with Crippen LogP contribution < -0.4 is 10.2 Å². The summed E-state index contributed by atoms with van der Waals surface area (Å²) in [5.74, 6) is -3.20. The highest BCUT2D eigenvalue weighted by Gasteiger charge is 2.19. The molecule has 53 heavy (non-hydrogen) atoms. The van der Waals surface area contributed by atoms with E-state index in [4.69, 9.17) is 42.7 Å². The molecule has 2 aromatic heterocycles. The van der Waals surface area contributed by atoms with Crippen LogP contribution in [0.25, 0.3) is 77.2 Å². The molecule has 5 heteroatoms. The molecule has 0 aliphatic heterocycles. The Kier molecular flexibility index (Phi) is 3.08. The summed E-state index contributed by atoms with van der Waals surface area (Å²) in [7, 11) is 6.72. The summed E-state index contributed by atoms with van der Waals surface area (Å²) < 4.78 is 265. The van der Waals surface area contributed by atoms with Crippen molar-refractivity contribution in [2.24, 2.45) is 0 Å². The van der Waals surface area contributed by atoms with Crippen LogP contribution in [0.3, 0.4) is 0 Å². The van der Waals surface area contributed by atoms with E-state index < -0.39 is 275 Å². The zero-order valence-electron chi connectivity index (χ0n) is 55.4. The molecule has 0 spiro atoms. The van der Waals surface area contributed by atoms with Gasteiger partial charge in [-0.3, -0.25) is 0 Å². The predicted octanol–water partition coefficient (Wildman–Crippen LogP) is 11.5. The molecule has 0 aliphatic rings. The van der Waals surface area contributed by atoms with Crippen LogP contribution >= 0.6 is 0 Å². The number of hydrogen-bond donors (Lipinski definition) is 1. The van der Waals surface area contributed by atoms with Gasteiger partial charge in [0.15, 0.2) is 0 Å². The standard InChI is InChI=1S/C48H31BN2O2/c49-48-40(39-18-6-12-24-46(39)52)29-32(50-42-20-8-2-14-35(42)36-15-3-9-21-43(36)50)30-47(48)53-33-27-25-31(26-28-33)34-13-1-7-19-41(34)51-44-22-10-4-16-37(44)38-17-5-11-23-45(38)51/h1-30,52H/i1D,2D,3D,4D,5D,6D,7D,8D,9D,10D,11D,12D,13D,14D,15D,16D,17D,18D,19D,20D,21D,22D,23D,24D,25D,26D,27D,29D,30D. The molecule has 0 saturated heterocycles. The summed E-state index contributed by atoms with van der Waals surface area (Å²) >= 11 is 0. The zero-order valence-corrected chi connectivity index (χ0v) is 26.4. The van der Waals surface area contributed by atoms with E-state index in [2.05, 4.69) is 0 Å². The van der Waals surface area contributed by atoms with E-state index in [-0.39, 0.29) is 0 Å². The highest BCUT2D eigenvalue weighted by molar-refractivity contribution is 6.38. The maximum atomic E-state index is 11.5. The van der Waals surface area contributed by atoms with Crippen molar-refractivity contribution in [2.45, 2.75) is 0 Å². The summed E-state index contributed by atoms with van der Waals surface area (Å²) in [5, 5.41) is 9.40. The Morgan fingerprint density at radius 1 is 0.491 bits per heavy atom. The van der Waals surface area contributed by atoms with Crippen LogP contribution in [-0.4, -0.2) is 22.1 Å². The van der Waals surface area contributed by atoms with E-state index >= 15 is 0 Å². The van der Waals surface area contributed by atoms with Crippen molar-refractivity contribution in [3.63, 3.8) is 0 Å². The lowest BCUT2D eigenvalue weighted by atomic mass is 9.85. The Labute approximate surface area is 348 Å². The van der Waals surface area contributed by atoms with Gasteiger partial charge in [-0.2, -0.15) is 0 Å². The second-order valence-electron chi connectivity index (χ2n) is 11.1. The fourth-order valence-electron chi connectivity index (χ4n) is 5.96. The molecule has 0 atom stereocenters. The molecule has 0 amide bonds. The third-order valence-electron chi connectivity index (χ3n) is 8.21. The fraction of sp³-hybridized carbons (Fsp3) is 0. The van der Waals surface area contributed by atoms with Crippen molar-refractivity contribution in [2.75, 3.05) is 0 Å². The van der Waals surface area contributed by atoms with Crippen molar-refractivity contribution in [3.05, 3.63) is 181 Å². The maximum Gasteiger partial charge on any atom is 0.127 e. The number of ether oxygens (including phenoxy) is 1. The number of aromatic hydroxyl groups is 1. The van der Waals surface area contributed by atoms with Crippen LogP contribution in [0.5, 0.6) is 17.2 Å². The predicted molar refractivity (Wildman–Crippen MR) is 220 cm³/mol. The number of fused-ring (bicyclic) bond motifs is 6. The minimum absolute atomic E-state index is 0.504. The van der Waals surface area contributed by atoms with Crippen molar-refractivity contribution >= 4 is 56.9 Å². The number of phenols is 1. The second-order valence-corrected chi connectivity index (χ2v) is 11.1. The summed E-state index contributed by atoms with van der Waals surface area (Å²) in [6.45, 7) is 0. The third kappa shape index (κ3) is 5.01. The van der Waals surface area contributed by atoms with Crippen LogP contribution in [0.4, 0.5) is 0 Å². The molecule has 1 N–H and O–H groups in total. The van der Waals surface area contributed by atoms with E-state index in [0.29, 0.717) is 10.6 Å². The largest absolute Gasteiger partial charge is 0.507 e. The Morgan fingerprint density at radius 2 is 1.00 bits per heavy atom. The molecule has 2 heterocycles. The van der Waals surface area contributed by atoms with Crippen molar-refractivity contribution in [1.82, 2.24) is 9.13 Å². The third-order valence-corrected chi connectivity index (χ3v) is 8.21. The number of hydrogen-bond acceptors (Lipinski definition) is 2. The summed E-state index contributed by atoms with van der Waals surface area (Å²) in [4.78, 5) is 0. The number of benzene rings is 8. The van der Waals surface area contributed by atoms with Gasteiger partial charge in [0.1, 0.15) is 25.1 Å². The topological polar surface area (TPSA) is 39.3 Å². The van der Waals surface area contributed by atoms with Gasteiger partial charge in [0.25, 0.3) is 0 Å². The lowest BCUT2D eigenvalue weighted by molar-refractivity contribution is 0.477. The molecule has 0 bridgehead atoms. The SMILES string of the molecule is [2H]c1cc(Oc2c([2H])c(-n3c4c([2H])c([2H])c([2H])c([2H])c4c4c([2H])c([2H])c([2H])c([2H])c43)c([2H])c(-c3c([2H])c([2H])c([2H])c([2H])c3O)c2[B])c([2H])c([2H])c1-c1c([2H])c([2H])c([2H])c([2H])c1-n1c2c([2H])c([2H])c([2H])c([2H])c2c2c([2H])c([2H])c([2H])c([2H])c21. The molecule has 0 unspecified atom stereocenters. The number of rotatable bonds is 6. The Balaban J connectivity index is 1.33. The Morgan fingerprint density at radius 3 is 1.62 bits per heavy atom. The van der Waals surface area contributed by atoms with Gasteiger partial charge in [0.2, 0.25) is 0 Å². The minimum Gasteiger partial charge on any atom is -0.507 e. The van der Waals surface area contributed by atoms with E-state index in [1.54, 1.807) is 0 Å². The van der Waals surface area contributed by atoms with Gasteiger partial charge >= 0.3 is 0 Å².